The molecule has 10 aromatic carbocycles. The molecule has 12 heterocycles. The SMILES string of the molecule is CCn1c2ccccc2c2c[c-]c(-c3ccc4ccccc4n3)cc21.CCn1c2ccccc2c2c[c-]c(-c3ccc4ccccc4n3)cc21.CCn1c2ccccc2c2c[c-]c(-c3ccc4ccccc4n3)cc21.C[n+]1ccccc1-c1nc(-c2ccccc2)n[n-]1.C[n+]1ccccc1-c1nc(C(C)(C)C)n[n-]1.Cc1n[n-]c(-c2cccc[n+]2C)n1.[Ir].[Ir].[Ir]. The standard InChI is InChI=1S/3C23H17N2.C14H12N4.C12H16N4.C9H10N4.3Ir/c3*1-2-25-22-10-6-4-8-18(22)19-13-11-17(15-23(19)25)21-14-12-16-7-3-5-9-20(16)24-21;1-18-10-6-5-9-12(18)14-15-13(16-17-14)11-7-3-2-4-8-11;1-12(2,3)11-13-10(14-15-11)9-7-5-6-8-16(9)4;1-7-10-9(12-11-7)8-5-3-4-6-13(8)2;;;/h3*3-10,12-15H,2H2,1H3;2-10H,1H3;5-8H,1-4H3;3-6H,1-2H3;;;/q3*-1;;;;;;. The van der Waals surface area contributed by atoms with Crippen LogP contribution < -0.4 is 29.0 Å². The van der Waals surface area contributed by atoms with E-state index < -0.39 is 0 Å². The zero-order valence-corrected chi connectivity index (χ0v) is 78.0. The van der Waals surface area contributed by atoms with Gasteiger partial charge in [0.1, 0.15) is 21.1 Å². The van der Waals surface area contributed by atoms with Crippen molar-refractivity contribution in [3.8, 4) is 79.7 Å². The topological polar surface area (TPSA) is 185 Å². The van der Waals surface area contributed by atoms with Gasteiger partial charge in [0.2, 0.25) is 17.1 Å². The molecular weight excluding hydrogens is 2080 g/mol. The number of hydrogen-bond acceptors (Lipinski definition) is 9. The average Bonchev–Trinajstić information content (AvgIpc) is 1.61. The molecule has 0 saturated carbocycles. The Balaban J connectivity index is 0.000000123. The normalized spacial score (nSPS) is 11.0. The molecule has 22 aromatic rings. The van der Waals surface area contributed by atoms with Crippen LogP contribution in [0.3, 0.4) is 0 Å². The van der Waals surface area contributed by atoms with E-state index in [1.54, 1.807) is 0 Å². The van der Waals surface area contributed by atoms with Crippen molar-refractivity contribution in [2.45, 2.75) is 73.5 Å². The van der Waals surface area contributed by atoms with Crippen molar-refractivity contribution in [2.24, 2.45) is 21.1 Å². The number of aryl methyl sites for hydroxylation is 7. The molecule has 0 amide bonds. The number of aromatic nitrogens is 18. The number of rotatable bonds is 10. The van der Waals surface area contributed by atoms with Crippen LogP contribution in [-0.4, -0.2) is 58.9 Å². The Kier molecular flexibility index (Phi) is 27.8. The summed E-state index contributed by atoms with van der Waals surface area (Å²) in [5, 5.41) is 35.5. The van der Waals surface area contributed by atoms with Gasteiger partial charge >= 0.3 is 0 Å². The zero-order chi connectivity index (χ0) is 83.8. The molecule has 18 nitrogen and oxygen atoms in total. The predicted molar refractivity (Wildman–Crippen MR) is 489 cm³/mol. The van der Waals surface area contributed by atoms with Crippen molar-refractivity contribution in [2.75, 3.05) is 0 Å². The first-order valence-electron chi connectivity index (χ1n) is 41.0. The fourth-order valence-electron chi connectivity index (χ4n) is 15.5. The molecule has 0 aliphatic heterocycles. The van der Waals surface area contributed by atoms with Crippen molar-refractivity contribution in [1.82, 2.24) is 74.2 Å². The third kappa shape index (κ3) is 18.9. The van der Waals surface area contributed by atoms with E-state index in [2.05, 4.69) is 301 Å². The van der Waals surface area contributed by atoms with E-state index in [9.17, 15) is 0 Å². The minimum Gasteiger partial charge on any atom is -0.417 e. The summed E-state index contributed by atoms with van der Waals surface area (Å²) in [6, 6.07) is 114. The second kappa shape index (κ2) is 39.4. The first-order chi connectivity index (χ1) is 59.6. The minimum atomic E-state index is -0.0569. The van der Waals surface area contributed by atoms with Crippen molar-refractivity contribution in [3.63, 3.8) is 0 Å². The molecule has 0 unspecified atom stereocenters. The van der Waals surface area contributed by atoms with Crippen LogP contribution in [0, 0.1) is 25.1 Å². The van der Waals surface area contributed by atoms with Gasteiger partial charge in [-0.15, -0.1) is 71.3 Å². The third-order valence-electron chi connectivity index (χ3n) is 21.7. The van der Waals surface area contributed by atoms with Gasteiger partial charge in [0, 0.05) is 167 Å². The molecule has 125 heavy (non-hydrogen) atoms. The van der Waals surface area contributed by atoms with E-state index in [1.165, 1.54) is 65.4 Å². The number of nitrogens with zero attached hydrogens (tertiary/aromatic N) is 18. The van der Waals surface area contributed by atoms with Gasteiger partial charge < -0.3 is 43.9 Å². The molecule has 0 aliphatic rings. The summed E-state index contributed by atoms with van der Waals surface area (Å²) >= 11 is 0. The Hall–Kier alpha value is -13.4. The first-order valence-corrected chi connectivity index (χ1v) is 41.0. The number of pyridine rings is 6. The van der Waals surface area contributed by atoms with Crippen LogP contribution in [0.25, 0.3) is 178 Å². The van der Waals surface area contributed by atoms with E-state index >= 15 is 0 Å². The Bertz CT molecular complexity index is 7030. The molecule has 12 aromatic heterocycles. The molecule has 0 N–H and O–H groups in total. The number of hydrogen-bond donors (Lipinski definition) is 0. The summed E-state index contributed by atoms with van der Waals surface area (Å²) in [7, 11) is 5.90. The van der Waals surface area contributed by atoms with Gasteiger partial charge in [-0.3, -0.25) is 30.2 Å². The molecule has 625 valence electrons. The predicted octanol–water partition coefficient (Wildman–Crippen LogP) is 20.5. The maximum Gasteiger partial charge on any atom is 0.205 e. The van der Waals surface area contributed by atoms with Gasteiger partial charge in [-0.05, 0) is 154 Å². The smallest absolute Gasteiger partial charge is 0.205 e. The molecule has 0 spiro atoms. The minimum absolute atomic E-state index is 0. The molecule has 0 saturated heterocycles. The van der Waals surface area contributed by atoms with Crippen LogP contribution in [0.4, 0.5) is 0 Å². The summed E-state index contributed by atoms with van der Waals surface area (Å²) in [5.41, 5.74) is 20.4. The maximum atomic E-state index is 4.82. The molecule has 22 rings (SSSR count). The van der Waals surface area contributed by atoms with Crippen LogP contribution in [-0.2, 0) is 107 Å². The summed E-state index contributed by atoms with van der Waals surface area (Å²) in [4.78, 5) is 27.6. The summed E-state index contributed by atoms with van der Waals surface area (Å²) < 4.78 is 13.0. The van der Waals surface area contributed by atoms with E-state index in [0.29, 0.717) is 29.1 Å². The average molecular weight is 2170 g/mol. The first kappa shape index (κ1) is 88.0. The summed E-state index contributed by atoms with van der Waals surface area (Å²) in [5.74, 6) is 4.17. The Morgan fingerprint density at radius 2 is 0.648 bits per heavy atom. The van der Waals surface area contributed by atoms with Crippen LogP contribution in [0.15, 0.2) is 322 Å². The zero-order valence-electron chi connectivity index (χ0n) is 70.8. The molecule has 3 radical (unpaired) electrons. The number of para-hydroxylation sites is 6. The van der Waals surface area contributed by atoms with Gasteiger partial charge in [0.25, 0.3) is 0 Å². The van der Waals surface area contributed by atoms with Gasteiger partial charge in [0.15, 0.2) is 18.6 Å². The summed E-state index contributed by atoms with van der Waals surface area (Å²) in [6.07, 6.45) is 5.90. The largest absolute Gasteiger partial charge is 0.417 e. The third-order valence-corrected chi connectivity index (χ3v) is 21.7. The maximum absolute atomic E-state index is 4.82. The summed E-state index contributed by atoms with van der Waals surface area (Å²) in [6.45, 7) is 17.5. The van der Waals surface area contributed by atoms with E-state index in [0.717, 1.165) is 115 Å². The van der Waals surface area contributed by atoms with Crippen molar-refractivity contribution in [3.05, 3.63) is 352 Å². The Labute approximate surface area is 766 Å². The molecule has 21 heteroatoms. The van der Waals surface area contributed by atoms with Gasteiger partial charge in [-0.1, -0.05) is 213 Å². The molecule has 0 aliphatic carbocycles. The molecule has 0 fully saturated rings. The van der Waals surface area contributed by atoms with E-state index in [4.69, 9.17) is 15.0 Å². The van der Waals surface area contributed by atoms with E-state index in [1.807, 2.05) is 182 Å². The van der Waals surface area contributed by atoms with Crippen molar-refractivity contribution >= 4 is 98.1 Å². The molecular formula is C104H89Ir3N18-3. The monoisotopic (exact) mass is 2170 g/mol. The van der Waals surface area contributed by atoms with Crippen molar-refractivity contribution < 1.29 is 74.0 Å². The van der Waals surface area contributed by atoms with Gasteiger partial charge in [0.05, 0.1) is 22.4 Å². The second-order valence-corrected chi connectivity index (χ2v) is 30.7. The Morgan fingerprint density at radius 3 is 1.00 bits per heavy atom. The molecule has 0 atom stereocenters. The fourth-order valence-corrected chi connectivity index (χ4v) is 15.5. The van der Waals surface area contributed by atoms with Crippen LogP contribution in [0.1, 0.15) is 53.2 Å². The Morgan fingerprint density at radius 1 is 0.320 bits per heavy atom. The number of fused-ring (bicyclic) bond motifs is 12. The van der Waals surface area contributed by atoms with Gasteiger partial charge in [-0.2, -0.15) is 0 Å². The van der Waals surface area contributed by atoms with Crippen LogP contribution in [0.5, 0.6) is 0 Å². The van der Waals surface area contributed by atoms with Crippen molar-refractivity contribution in [1.29, 1.82) is 0 Å². The second-order valence-electron chi connectivity index (χ2n) is 30.7. The van der Waals surface area contributed by atoms with Crippen LogP contribution >= 0.6 is 0 Å². The van der Waals surface area contributed by atoms with Crippen LogP contribution in [0.2, 0.25) is 0 Å². The van der Waals surface area contributed by atoms with Gasteiger partial charge in [-0.25, -0.2) is 13.7 Å². The number of benzene rings is 10. The quantitative estimate of drug-likeness (QED) is 0.0933. The van der Waals surface area contributed by atoms with E-state index in [-0.39, 0.29) is 65.7 Å². The molecule has 0 bridgehead atoms. The fraction of sp³-hybridized carbons (Fsp3) is 0.135.